The summed E-state index contributed by atoms with van der Waals surface area (Å²) in [4.78, 5) is 17.0. The topological polar surface area (TPSA) is 101 Å². The number of hydrogen-bond donors (Lipinski definition) is 2. The van der Waals surface area contributed by atoms with E-state index in [1.54, 1.807) is 18.6 Å². The molecule has 0 bridgehead atoms. The van der Waals surface area contributed by atoms with Gasteiger partial charge in [-0.25, -0.2) is 15.0 Å². The van der Waals surface area contributed by atoms with Crippen LogP contribution in [0, 0.1) is 0 Å². The second kappa shape index (κ2) is 6.96. The second-order valence-corrected chi connectivity index (χ2v) is 6.95. The summed E-state index contributed by atoms with van der Waals surface area (Å²) in [5.41, 5.74) is 3.18. The molecule has 26 heavy (non-hydrogen) atoms. The monoisotopic (exact) mass is 364 g/mol. The van der Waals surface area contributed by atoms with Crippen LogP contribution in [-0.2, 0) is 0 Å². The third-order valence-corrected chi connectivity index (χ3v) is 4.70. The van der Waals surface area contributed by atoms with Gasteiger partial charge in [0.1, 0.15) is 17.2 Å². The van der Waals surface area contributed by atoms with Crippen molar-refractivity contribution >= 4 is 44.7 Å². The third kappa shape index (κ3) is 3.57. The number of anilines is 4. The van der Waals surface area contributed by atoms with Crippen LogP contribution >= 0.6 is 11.3 Å². The zero-order valence-electron chi connectivity index (χ0n) is 14.2. The van der Waals surface area contributed by atoms with E-state index in [0.29, 0.717) is 11.7 Å². The van der Waals surface area contributed by atoms with Crippen molar-refractivity contribution in [3.8, 4) is 0 Å². The Morgan fingerprint density at radius 1 is 0.923 bits per heavy atom. The predicted octanol–water partition coefficient (Wildman–Crippen LogP) is 3.88. The Kier molecular flexibility index (Phi) is 4.36. The molecule has 0 aromatic carbocycles. The Morgan fingerprint density at radius 2 is 1.77 bits per heavy atom. The SMILES string of the molecule is CC(C)c1nnc(Nc2ccc3ncc(Nc4cncnc4)cc3n2)s1. The molecule has 0 unspecified atom stereocenters. The van der Waals surface area contributed by atoms with Crippen molar-refractivity contribution in [1.29, 1.82) is 0 Å². The van der Waals surface area contributed by atoms with E-state index < -0.39 is 0 Å². The van der Waals surface area contributed by atoms with Crippen LogP contribution < -0.4 is 10.6 Å². The van der Waals surface area contributed by atoms with E-state index in [1.165, 1.54) is 17.7 Å². The van der Waals surface area contributed by atoms with Crippen LogP contribution in [-0.4, -0.2) is 30.1 Å². The maximum absolute atomic E-state index is 4.62. The van der Waals surface area contributed by atoms with Crippen molar-refractivity contribution in [1.82, 2.24) is 30.1 Å². The van der Waals surface area contributed by atoms with Crippen LogP contribution in [0.5, 0.6) is 0 Å². The standard InChI is InChI=1S/C17H16N8S/c1-10(2)16-24-25-17(26-16)23-15-4-3-13-14(22-15)5-11(8-20-13)21-12-6-18-9-19-7-12/h3-10,21H,1-2H3,(H,22,23,25). The van der Waals surface area contributed by atoms with Crippen molar-refractivity contribution in [3.63, 3.8) is 0 Å². The largest absolute Gasteiger partial charge is 0.352 e. The van der Waals surface area contributed by atoms with E-state index in [9.17, 15) is 0 Å². The molecule has 0 saturated heterocycles. The average molecular weight is 364 g/mol. The molecule has 4 aromatic rings. The Morgan fingerprint density at radius 3 is 2.54 bits per heavy atom. The van der Waals surface area contributed by atoms with Gasteiger partial charge in [0.25, 0.3) is 0 Å². The Labute approximate surface area is 153 Å². The highest BCUT2D eigenvalue weighted by Crippen LogP contribution is 2.26. The summed E-state index contributed by atoms with van der Waals surface area (Å²) in [7, 11) is 0. The summed E-state index contributed by atoms with van der Waals surface area (Å²) < 4.78 is 0. The number of pyridine rings is 2. The first-order valence-corrected chi connectivity index (χ1v) is 8.88. The molecule has 0 saturated carbocycles. The summed E-state index contributed by atoms with van der Waals surface area (Å²) >= 11 is 1.53. The lowest BCUT2D eigenvalue weighted by Crippen LogP contribution is -1.96. The number of nitrogens with zero attached hydrogens (tertiary/aromatic N) is 6. The van der Waals surface area contributed by atoms with Crippen LogP contribution in [0.15, 0.2) is 43.1 Å². The molecule has 0 fully saturated rings. The highest BCUT2D eigenvalue weighted by molar-refractivity contribution is 7.15. The lowest BCUT2D eigenvalue weighted by molar-refractivity contribution is 0.825. The first-order chi connectivity index (χ1) is 12.7. The number of nitrogens with one attached hydrogen (secondary N) is 2. The van der Waals surface area contributed by atoms with Crippen molar-refractivity contribution in [2.45, 2.75) is 19.8 Å². The van der Waals surface area contributed by atoms with Gasteiger partial charge in [-0.3, -0.25) is 4.98 Å². The van der Waals surface area contributed by atoms with Gasteiger partial charge in [-0.05, 0) is 18.2 Å². The molecular formula is C17H16N8S. The van der Waals surface area contributed by atoms with Gasteiger partial charge in [0.2, 0.25) is 5.13 Å². The van der Waals surface area contributed by atoms with E-state index >= 15 is 0 Å². The first-order valence-electron chi connectivity index (χ1n) is 8.06. The highest BCUT2D eigenvalue weighted by Gasteiger charge is 2.09. The summed E-state index contributed by atoms with van der Waals surface area (Å²) in [5.74, 6) is 1.05. The molecule has 0 aliphatic heterocycles. The predicted molar refractivity (Wildman–Crippen MR) is 102 cm³/mol. The van der Waals surface area contributed by atoms with Crippen LogP contribution in [0.2, 0.25) is 0 Å². The van der Waals surface area contributed by atoms with Crippen LogP contribution in [0.25, 0.3) is 11.0 Å². The van der Waals surface area contributed by atoms with E-state index in [-0.39, 0.29) is 0 Å². The van der Waals surface area contributed by atoms with Crippen LogP contribution in [0.1, 0.15) is 24.8 Å². The van der Waals surface area contributed by atoms with Gasteiger partial charge >= 0.3 is 0 Å². The first kappa shape index (κ1) is 16.3. The Hall–Kier alpha value is -3.20. The van der Waals surface area contributed by atoms with Gasteiger partial charge in [-0.15, -0.1) is 10.2 Å². The molecule has 9 heteroatoms. The highest BCUT2D eigenvalue weighted by atomic mass is 32.1. The van der Waals surface area contributed by atoms with Crippen molar-refractivity contribution in [2.75, 3.05) is 10.6 Å². The maximum atomic E-state index is 4.62. The minimum Gasteiger partial charge on any atom is -0.352 e. The fourth-order valence-electron chi connectivity index (χ4n) is 2.30. The molecule has 8 nitrogen and oxygen atoms in total. The van der Waals surface area contributed by atoms with Gasteiger partial charge in [0, 0.05) is 5.92 Å². The fourth-order valence-corrected chi connectivity index (χ4v) is 3.06. The molecule has 4 heterocycles. The van der Waals surface area contributed by atoms with Crippen LogP contribution in [0.3, 0.4) is 0 Å². The third-order valence-electron chi connectivity index (χ3n) is 3.56. The zero-order chi connectivity index (χ0) is 17.9. The number of fused-ring (bicyclic) bond motifs is 1. The minimum atomic E-state index is 0.354. The minimum absolute atomic E-state index is 0.354. The van der Waals surface area contributed by atoms with Crippen molar-refractivity contribution in [2.24, 2.45) is 0 Å². The maximum Gasteiger partial charge on any atom is 0.211 e. The second-order valence-electron chi connectivity index (χ2n) is 5.94. The molecule has 2 N–H and O–H groups in total. The van der Waals surface area contributed by atoms with Crippen LogP contribution in [0.4, 0.5) is 22.3 Å². The van der Waals surface area contributed by atoms with E-state index in [1.807, 2.05) is 18.2 Å². The van der Waals surface area contributed by atoms with Crippen molar-refractivity contribution in [3.05, 3.63) is 48.1 Å². The lowest BCUT2D eigenvalue weighted by Gasteiger charge is -2.07. The van der Waals surface area contributed by atoms with E-state index in [4.69, 9.17) is 0 Å². The molecule has 130 valence electrons. The Balaban J connectivity index is 1.58. The number of rotatable bonds is 5. The van der Waals surface area contributed by atoms with E-state index in [2.05, 4.69) is 54.6 Å². The smallest absolute Gasteiger partial charge is 0.211 e. The van der Waals surface area contributed by atoms with Gasteiger partial charge in [0.05, 0.1) is 41.0 Å². The summed E-state index contributed by atoms with van der Waals surface area (Å²) in [5, 5.41) is 16.5. The van der Waals surface area contributed by atoms with Gasteiger partial charge in [0.15, 0.2) is 0 Å². The molecule has 0 aliphatic rings. The molecular weight excluding hydrogens is 348 g/mol. The molecule has 4 aromatic heterocycles. The van der Waals surface area contributed by atoms with E-state index in [0.717, 1.165) is 32.5 Å². The van der Waals surface area contributed by atoms with Gasteiger partial charge in [-0.2, -0.15) is 0 Å². The lowest BCUT2D eigenvalue weighted by atomic mass is 10.2. The van der Waals surface area contributed by atoms with Gasteiger partial charge in [-0.1, -0.05) is 25.2 Å². The van der Waals surface area contributed by atoms with Gasteiger partial charge < -0.3 is 10.6 Å². The number of hydrogen-bond acceptors (Lipinski definition) is 9. The van der Waals surface area contributed by atoms with Crippen molar-refractivity contribution < 1.29 is 0 Å². The molecule has 0 aliphatic carbocycles. The molecule has 0 radical (unpaired) electrons. The quantitative estimate of drug-likeness (QED) is 0.550. The summed E-state index contributed by atoms with van der Waals surface area (Å²) in [6.07, 6.45) is 6.64. The summed E-state index contributed by atoms with van der Waals surface area (Å²) in [6, 6.07) is 5.73. The average Bonchev–Trinajstić information content (AvgIpc) is 3.11. The normalized spacial score (nSPS) is 11.0. The molecule has 0 amide bonds. The Bertz CT molecular complexity index is 1030. The number of aromatic nitrogens is 6. The zero-order valence-corrected chi connectivity index (χ0v) is 15.0. The molecule has 0 spiro atoms. The summed E-state index contributed by atoms with van der Waals surface area (Å²) in [6.45, 7) is 4.19. The molecule has 0 atom stereocenters. The fraction of sp³-hybridized carbons (Fsp3) is 0.176. The molecule has 4 rings (SSSR count).